The van der Waals surface area contributed by atoms with Crippen molar-refractivity contribution in [3.63, 3.8) is 0 Å². The molecule has 1 amide bonds. The van der Waals surface area contributed by atoms with E-state index < -0.39 is 0 Å². The monoisotopic (exact) mass is 445 g/mol. The number of fused-ring (bicyclic) bond motifs is 1. The number of hydrogen-bond acceptors (Lipinski definition) is 7. The summed E-state index contributed by atoms with van der Waals surface area (Å²) in [5.74, 6) is 0.894. The van der Waals surface area contributed by atoms with Crippen LogP contribution in [0.5, 0.6) is 5.88 Å². The van der Waals surface area contributed by atoms with Gasteiger partial charge in [-0.1, -0.05) is 12.1 Å². The van der Waals surface area contributed by atoms with Gasteiger partial charge in [-0.2, -0.15) is 5.10 Å². The summed E-state index contributed by atoms with van der Waals surface area (Å²) in [4.78, 5) is 25.8. The lowest BCUT2D eigenvalue weighted by molar-refractivity contribution is 0.102. The molecule has 0 bridgehead atoms. The van der Waals surface area contributed by atoms with Crippen LogP contribution < -0.4 is 15.4 Å². The van der Waals surface area contributed by atoms with Gasteiger partial charge in [-0.25, -0.2) is 15.0 Å². The van der Waals surface area contributed by atoms with Crippen LogP contribution in [0, 0.1) is 0 Å². The van der Waals surface area contributed by atoms with Gasteiger partial charge in [-0.05, 0) is 51.5 Å². The minimum absolute atomic E-state index is 0.0251. The fourth-order valence-corrected chi connectivity index (χ4v) is 3.30. The average Bonchev–Trinajstić information content (AvgIpc) is 3.22. The molecular formula is C24H27N7O2. The third-order valence-electron chi connectivity index (χ3n) is 4.96. The predicted molar refractivity (Wildman–Crippen MR) is 127 cm³/mol. The molecular weight excluding hydrogens is 418 g/mol. The van der Waals surface area contributed by atoms with Crippen molar-refractivity contribution in [1.82, 2.24) is 24.7 Å². The summed E-state index contributed by atoms with van der Waals surface area (Å²) in [6, 6.07) is 11.0. The minimum atomic E-state index is -0.237. The maximum absolute atomic E-state index is 12.6. The van der Waals surface area contributed by atoms with Crippen molar-refractivity contribution in [3.05, 3.63) is 66.1 Å². The molecule has 33 heavy (non-hydrogen) atoms. The second-order valence-corrected chi connectivity index (χ2v) is 7.95. The largest absolute Gasteiger partial charge is 0.475 e. The highest BCUT2D eigenvalue weighted by molar-refractivity contribution is 6.04. The van der Waals surface area contributed by atoms with E-state index in [0.717, 1.165) is 17.6 Å². The Kier molecular flexibility index (Phi) is 6.48. The topological polar surface area (TPSA) is 107 Å². The first-order chi connectivity index (χ1) is 15.9. The van der Waals surface area contributed by atoms with Gasteiger partial charge in [-0.15, -0.1) is 0 Å². The predicted octanol–water partition coefficient (Wildman–Crippen LogP) is 4.45. The van der Waals surface area contributed by atoms with E-state index in [-0.39, 0.29) is 18.1 Å². The Bertz CT molecular complexity index is 1250. The highest BCUT2D eigenvalue weighted by Gasteiger charge is 2.12. The van der Waals surface area contributed by atoms with Gasteiger partial charge >= 0.3 is 0 Å². The lowest BCUT2D eigenvalue weighted by Gasteiger charge is -2.16. The van der Waals surface area contributed by atoms with Gasteiger partial charge in [-0.3, -0.25) is 9.48 Å². The molecule has 0 fully saturated rings. The van der Waals surface area contributed by atoms with Crippen LogP contribution in [-0.2, 0) is 6.54 Å². The summed E-state index contributed by atoms with van der Waals surface area (Å²) in [5, 5.41) is 10.7. The second kappa shape index (κ2) is 9.64. The number of aryl methyl sites for hydroxylation is 1. The number of anilines is 2. The number of pyridine rings is 1. The first-order valence-electron chi connectivity index (χ1n) is 10.9. The van der Waals surface area contributed by atoms with Crippen molar-refractivity contribution < 1.29 is 9.53 Å². The Morgan fingerprint density at radius 1 is 1.12 bits per heavy atom. The van der Waals surface area contributed by atoms with Crippen molar-refractivity contribution >= 4 is 28.6 Å². The van der Waals surface area contributed by atoms with Crippen LogP contribution in [0.15, 0.2) is 55.0 Å². The smallest absolute Gasteiger partial charge is 0.257 e. The van der Waals surface area contributed by atoms with E-state index in [9.17, 15) is 4.79 Å². The molecule has 0 unspecified atom stereocenters. The Labute approximate surface area is 192 Å². The number of amides is 1. The fourth-order valence-electron chi connectivity index (χ4n) is 3.30. The number of carbonyl (C=O) groups excluding carboxylic acids is 1. The van der Waals surface area contributed by atoms with Gasteiger partial charge in [0.1, 0.15) is 11.3 Å². The minimum Gasteiger partial charge on any atom is -0.475 e. The quantitative estimate of drug-likeness (QED) is 0.412. The third-order valence-corrected chi connectivity index (χ3v) is 4.96. The normalized spacial score (nSPS) is 12.0. The number of ether oxygens (including phenoxy) is 1. The van der Waals surface area contributed by atoms with Gasteiger partial charge in [0, 0.05) is 24.5 Å². The molecule has 4 rings (SSSR count). The highest BCUT2D eigenvalue weighted by atomic mass is 16.5. The van der Waals surface area contributed by atoms with Crippen molar-refractivity contribution in [2.75, 3.05) is 10.6 Å². The number of aromatic nitrogens is 5. The van der Waals surface area contributed by atoms with Gasteiger partial charge < -0.3 is 15.4 Å². The molecule has 0 aliphatic heterocycles. The summed E-state index contributed by atoms with van der Waals surface area (Å²) in [5.41, 5.74) is 3.51. The Balaban J connectivity index is 1.43. The van der Waals surface area contributed by atoms with E-state index in [2.05, 4.69) is 30.7 Å². The molecule has 0 spiro atoms. The number of rotatable bonds is 8. The summed E-state index contributed by atoms with van der Waals surface area (Å²) in [7, 11) is 0. The Morgan fingerprint density at radius 2 is 1.97 bits per heavy atom. The number of benzene rings is 1. The zero-order valence-electron chi connectivity index (χ0n) is 19.1. The van der Waals surface area contributed by atoms with E-state index in [1.165, 1.54) is 6.20 Å². The fraction of sp³-hybridized carbons (Fsp3) is 0.292. The number of hydrogen-bond donors (Lipinski definition) is 2. The van der Waals surface area contributed by atoms with Crippen LogP contribution in [0.25, 0.3) is 11.2 Å². The van der Waals surface area contributed by atoms with E-state index >= 15 is 0 Å². The van der Waals surface area contributed by atoms with Crippen molar-refractivity contribution in [2.24, 2.45) is 0 Å². The first kappa shape index (κ1) is 22.2. The average molecular weight is 446 g/mol. The zero-order valence-corrected chi connectivity index (χ0v) is 19.1. The van der Waals surface area contributed by atoms with Crippen LogP contribution in [0.1, 0.15) is 49.7 Å². The molecule has 0 saturated heterocycles. The first-order valence-corrected chi connectivity index (χ1v) is 10.9. The molecule has 1 aromatic carbocycles. The van der Waals surface area contributed by atoms with Crippen LogP contribution in [0.2, 0.25) is 0 Å². The maximum Gasteiger partial charge on any atom is 0.257 e. The molecule has 2 N–H and O–H groups in total. The SMILES string of the molecule is CCn1cc2ncc(N[C@@H](C)c3cccc(NC(=O)c4ccc(OC(C)C)nc4)c3)nc2n1. The van der Waals surface area contributed by atoms with Gasteiger partial charge in [0.2, 0.25) is 11.5 Å². The molecule has 0 saturated carbocycles. The van der Waals surface area contributed by atoms with Gasteiger partial charge in [0.15, 0.2) is 0 Å². The highest BCUT2D eigenvalue weighted by Crippen LogP contribution is 2.22. The molecule has 4 aromatic rings. The lowest BCUT2D eigenvalue weighted by atomic mass is 10.1. The van der Waals surface area contributed by atoms with E-state index in [1.54, 1.807) is 18.3 Å². The molecule has 0 aliphatic rings. The van der Waals surface area contributed by atoms with Gasteiger partial charge in [0.25, 0.3) is 5.91 Å². The summed E-state index contributed by atoms with van der Waals surface area (Å²) < 4.78 is 7.33. The summed E-state index contributed by atoms with van der Waals surface area (Å²) in [6.45, 7) is 8.66. The van der Waals surface area contributed by atoms with E-state index in [1.807, 2.05) is 62.8 Å². The maximum atomic E-state index is 12.6. The second-order valence-electron chi connectivity index (χ2n) is 7.95. The summed E-state index contributed by atoms with van der Waals surface area (Å²) in [6.07, 6.45) is 5.11. The lowest BCUT2D eigenvalue weighted by Crippen LogP contribution is -2.14. The van der Waals surface area contributed by atoms with Crippen LogP contribution in [0.4, 0.5) is 11.5 Å². The number of nitrogens with one attached hydrogen (secondary N) is 2. The molecule has 9 heteroatoms. The number of nitrogens with zero attached hydrogens (tertiary/aromatic N) is 5. The zero-order chi connectivity index (χ0) is 23.4. The summed E-state index contributed by atoms with van der Waals surface area (Å²) >= 11 is 0. The van der Waals surface area contributed by atoms with Crippen LogP contribution in [0.3, 0.4) is 0 Å². The van der Waals surface area contributed by atoms with Gasteiger partial charge in [0.05, 0.1) is 30.1 Å². The van der Waals surface area contributed by atoms with Crippen molar-refractivity contribution in [1.29, 1.82) is 0 Å². The van der Waals surface area contributed by atoms with E-state index in [0.29, 0.717) is 28.6 Å². The third kappa shape index (κ3) is 5.43. The molecule has 0 radical (unpaired) electrons. The van der Waals surface area contributed by atoms with Crippen LogP contribution >= 0.6 is 0 Å². The molecule has 170 valence electrons. The number of carbonyl (C=O) groups is 1. The Hall–Kier alpha value is -4.01. The van der Waals surface area contributed by atoms with E-state index in [4.69, 9.17) is 4.74 Å². The van der Waals surface area contributed by atoms with Crippen LogP contribution in [-0.4, -0.2) is 36.7 Å². The molecule has 3 aromatic heterocycles. The standard InChI is InChI=1S/C24H27N7O2/c1-5-31-14-20-23(30-31)29-21(13-25-20)27-16(4)17-7-6-8-19(11-17)28-24(32)18-9-10-22(26-12-18)33-15(2)3/h6-16H,5H2,1-4H3,(H,28,32)(H,27,29,30)/t16-/m0/s1. The van der Waals surface area contributed by atoms with Crippen molar-refractivity contribution in [2.45, 2.75) is 46.4 Å². The Morgan fingerprint density at radius 3 is 2.70 bits per heavy atom. The molecule has 0 aliphatic carbocycles. The molecule has 1 atom stereocenters. The molecule has 3 heterocycles. The van der Waals surface area contributed by atoms with Crippen molar-refractivity contribution in [3.8, 4) is 5.88 Å². The molecule has 9 nitrogen and oxygen atoms in total.